The lowest BCUT2D eigenvalue weighted by molar-refractivity contribution is -0.132. The number of rotatable bonds is 3. The summed E-state index contributed by atoms with van der Waals surface area (Å²) in [7, 11) is 0. The molecule has 0 saturated heterocycles. The number of hydrogen-bond donors (Lipinski definition) is 1. The van der Waals surface area contributed by atoms with Crippen molar-refractivity contribution in [1.29, 1.82) is 0 Å². The zero-order valence-electron chi connectivity index (χ0n) is 8.80. The molecule has 1 aromatic carbocycles. The molecule has 1 heterocycles. The summed E-state index contributed by atoms with van der Waals surface area (Å²) < 4.78 is 0. The molecule has 0 atom stereocenters. The first kappa shape index (κ1) is 12.7. The van der Waals surface area contributed by atoms with Crippen LogP contribution in [0.1, 0.15) is 5.56 Å². The van der Waals surface area contributed by atoms with Crippen molar-refractivity contribution in [3.8, 4) is 0 Å². The minimum absolute atomic E-state index is 0. The van der Waals surface area contributed by atoms with Gasteiger partial charge in [0.05, 0.1) is 0 Å². The summed E-state index contributed by atoms with van der Waals surface area (Å²) in [5.41, 5.74) is 1.73. The van der Waals surface area contributed by atoms with Crippen molar-refractivity contribution in [2.75, 3.05) is 13.1 Å². The number of carboxylic acids is 1. The van der Waals surface area contributed by atoms with E-state index in [1.165, 1.54) is 5.56 Å². The summed E-state index contributed by atoms with van der Waals surface area (Å²) in [5.74, 6) is -0.800. The third-order valence-electron chi connectivity index (χ3n) is 2.51. The molecule has 0 radical (unpaired) electrons. The van der Waals surface area contributed by atoms with Gasteiger partial charge in [0.25, 0.3) is 0 Å². The summed E-state index contributed by atoms with van der Waals surface area (Å²) in [6.07, 6.45) is 1.78. The Morgan fingerprint density at radius 2 is 2.00 bits per heavy atom. The van der Waals surface area contributed by atoms with E-state index >= 15 is 0 Å². The van der Waals surface area contributed by atoms with Crippen LogP contribution in [0.15, 0.2) is 42.0 Å². The Balaban J connectivity index is 0.00000128. The molecule has 1 aliphatic rings. The van der Waals surface area contributed by atoms with Crippen LogP contribution < -0.4 is 0 Å². The normalized spacial score (nSPS) is 15.4. The number of hydrogen-bond acceptors (Lipinski definition) is 2. The largest absolute Gasteiger partial charge is 0.478 e. The van der Waals surface area contributed by atoms with Crippen molar-refractivity contribution < 1.29 is 9.90 Å². The number of nitrogens with zero attached hydrogens (tertiary/aromatic N) is 1. The van der Waals surface area contributed by atoms with Crippen LogP contribution in [-0.4, -0.2) is 29.1 Å². The van der Waals surface area contributed by atoms with E-state index in [1.54, 1.807) is 6.08 Å². The number of aliphatic carboxylic acids is 1. The molecule has 0 spiro atoms. The number of benzene rings is 1. The minimum Gasteiger partial charge on any atom is -0.478 e. The van der Waals surface area contributed by atoms with E-state index in [-0.39, 0.29) is 12.4 Å². The average molecular weight is 240 g/mol. The predicted octanol–water partition coefficient (Wildman–Crippen LogP) is 1.93. The van der Waals surface area contributed by atoms with E-state index in [0.29, 0.717) is 12.1 Å². The van der Waals surface area contributed by atoms with Gasteiger partial charge in [-0.2, -0.15) is 0 Å². The molecule has 1 N–H and O–H groups in total. The van der Waals surface area contributed by atoms with Gasteiger partial charge in [-0.25, -0.2) is 4.79 Å². The van der Waals surface area contributed by atoms with Gasteiger partial charge in [0, 0.05) is 25.2 Å². The maximum atomic E-state index is 10.7. The van der Waals surface area contributed by atoms with Crippen LogP contribution in [0.3, 0.4) is 0 Å². The molecule has 1 aromatic rings. The van der Waals surface area contributed by atoms with Crippen molar-refractivity contribution in [2.45, 2.75) is 6.54 Å². The van der Waals surface area contributed by atoms with Crippen LogP contribution in [0.2, 0.25) is 0 Å². The van der Waals surface area contributed by atoms with E-state index in [4.69, 9.17) is 5.11 Å². The van der Waals surface area contributed by atoms with E-state index in [0.717, 1.165) is 13.1 Å². The Kier molecular flexibility index (Phi) is 4.52. The molecule has 3 nitrogen and oxygen atoms in total. The van der Waals surface area contributed by atoms with Crippen LogP contribution in [0.25, 0.3) is 0 Å². The van der Waals surface area contributed by atoms with Crippen LogP contribution in [0, 0.1) is 0 Å². The lowest BCUT2D eigenvalue weighted by atomic mass is 10.2. The molecule has 0 fully saturated rings. The van der Waals surface area contributed by atoms with Gasteiger partial charge in [0.15, 0.2) is 0 Å². The topological polar surface area (TPSA) is 40.5 Å². The van der Waals surface area contributed by atoms with E-state index < -0.39 is 5.97 Å². The fraction of sp³-hybridized carbons (Fsp3) is 0.250. The van der Waals surface area contributed by atoms with Crippen molar-refractivity contribution in [1.82, 2.24) is 4.90 Å². The highest BCUT2D eigenvalue weighted by Gasteiger charge is 2.18. The van der Waals surface area contributed by atoms with Crippen LogP contribution >= 0.6 is 12.4 Å². The molecule has 1 aliphatic heterocycles. The highest BCUT2D eigenvalue weighted by molar-refractivity contribution is 5.87. The molecule has 0 saturated carbocycles. The molecule has 16 heavy (non-hydrogen) atoms. The Labute approximate surface area is 101 Å². The summed E-state index contributed by atoms with van der Waals surface area (Å²) in [6.45, 7) is 2.09. The average Bonchev–Trinajstić information content (AvgIpc) is 2.68. The number of carbonyl (C=O) groups is 1. The van der Waals surface area contributed by atoms with Crippen molar-refractivity contribution in [3.63, 3.8) is 0 Å². The van der Waals surface area contributed by atoms with Gasteiger partial charge in [-0.1, -0.05) is 36.4 Å². The highest BCUT2D eigenvalue weighted by atomic mass is 35.5. The molecule has 0 aromatic heterocycles. The second kappa shape index (κ2) is 5.68. The molecular formula is C12H14ClNO2. The van der Waals surface area contributed by atoms with Gasteiger partial charge >= 0.3 is 5.97 Å². The maximum absolute atomic E-state index is 10.7. The summed E-state index contributed by atoms with van der Waals surface area (Å²) in [6, 6.07) is 10.1. The first-order valence-electron chi connectivity index (χ1n) is 4.94. The van der Waals surface area contributed by atoms with Gasteiger partial charge in [-0.05, 0) is 5.56 Å². The van der Waals surface area contributed by atoms with Crippen LogP contribution in [0.5, 0.6) is 0 Å². The smallest absolute Gasteiger partial charge is 0.332 e. The molecule has 86 valence electrons. The standard InChI is InChI=1S/C12H13NO2.ClH/c14-12(15)11-6-7-13(9-11)8-10-4-2-1-3-5-10;/h1-6H,7-9H2,(H,14,15);1H. The summed E-state index contributed by atoms with van der Waals surface area (Å²) >= 11 is 0. The first-order chi connectivity index (χ1) is 7.25. The third-order valence-corrected chi connectivity index (χ3v) is 2.51. The molecule has 0 aliphatic carbocycles. The molecule has 2 rings (SSSR count). The number of carboxylic acid groups (broad SMARTS) is 1. The number of halogens is 1. The lowest BCUT2D eigenvalue weighted by Gasteiger charge is -2.14. The van der Waals surface area contributed by atoms with Crippen LogP contribution in [-0.2, 0) is 11.3 Å². The highest BCUT2D eigenvalue weighted by Crippen LogP contribution is 2.12. The molecule has 0 unspecified atom stereocenters. The third kappa shape index (κ3) is 3.08. The van der Waals surface area contributed by atoms with E-state index in [9.17, 15) is 4.79 Å². The predicted molar refractivity (Wildman–Crippen MR) is 64.7 cm³/mol. The maximum Gasteiger partial charge on any atom is 0.332 e. The zero-order chi connectivity index (χ0) is 10.7. The lowest BCUT2D eigenvalue weighted by Crippen LogP contribution is -2.21. The monoisotopic (exact) mass is 239 g/mol. The molecule has 0 bridgehead atoms. The van der Waals surface area contributed by atoms with Gasteiger partial charge in [0.2, 0.25) is 0 Å². The Bertz CT molecular complexity index is 389. The first-order valence-corrected chi connectivity index (χ1v) is 4.94. The second-order valence-corrected chi connectivity index (χ2v) is 3.69. The summed E-state index contributed by atoms with van der Waals surface area (Å²) in [5, 5.41) is 8.80. The van der Waals surface area contributed by atoms with Crippen molar-refractivity contribution in [2.24, 2.45) is 0 Å². The minimum atomic E-state index is -0.800. The van der Waals surface area contributed by atoms with Gasteiger partial charge in [-0.3, -0.25) is 4.90 Å². The molecule has 4 heteroatoms. The quantitative estimate of drug-likeness (QED) is 0.876. The van der Waals surface area contributed by atoms with Gasteiger partial charge in [-0.15, -0.1) is 12.4 Å². The fourth-order valence-electron chi connectivity index (χ4n) is 1.73. The van der Waals surface area contributed by atoms with Crippen molar-refractivity contribution >= 4 is 18.4 Å². The Morgan fingerprint density at radius 1 is 1.31 bits per heavy atom. The van der Waals surface area contributed by atoms with Gasteiger partial charge in [0.1, 0.15) is 0 Å². The SMILES string of the molecule is Cl.O=C(O)C1=CCN(Cc2ccccc2)C1. The second-order valence-electron chi connectivity index (χ2n) is 3.69. The fourth-order valence-corrected chi connectivity index (χ4v) is 1.73. The molecular weight excluding hydrogens is 226 g/mol. The van der Waals surface area contributed by atoms with E-state index in [2.05, 4.69) is 17.0 Å². The Hall–Kier alpha value is -1.32. The van der Waals surface area contributed by atoms with Gasteiger partial charge < -0.3 is 5.11 Å². The van der Waals surface area contributed by atoms with Crippen LogP contribution in [0.4, 0.5) is 0 Å². The van der Waals surface area contributed by atoms with E-state index in [1.807, 2.05) is 18.2 Å². The molecule has 0 amide bonds. The van der Waals surface area contributed by atoms with Crippen molar-refractivity contribution in [3.05, 3.63) is 47.5 Å². The zero-order valence-corrected chi connectivity index (χ0v) is 9.61. The Morgan fingerprint density at radius 3 is 2.56 bits per heavy atom. The summed E-state index contributed by atoms with van der Waals surface area (Å²) in [4.78, 5) is 12.8.